The molecule has 5 nitrogen and oxygen atoms in total. The number of nitrogens with zero attached hydrogens (tertiary/aromatic N) is 1. The first kappa shape index (κ1) is 21.5. The molecule has 2 N–H and O–H groups in total. The van der Waals surface area contributed by atoms with Crippen LogP contribution in [0.25, 0.3) is 10.2 Å². The Balaban J connectivity index is 1.15. The van der Waals surface area contributed by atoms with Gasteiger partial charge in [-0.15, -0.1) is 11.3 Å². The van der Waals surface area contributed by atoms with Crippen molar-refractivity contribution in [3.05, 3.63) is 26.6 Å². The highest BCUT2D eigenvalue weighted by molar-refractivity contribution is 7.98. The minimum absolute atomic E-state index is 0.00453. The number of aromatic nitrogens is 2. The van der Waals surface area contributed by atoms with Crippen LogP contribution >= 0.6 is 23.1 Å². The van der Waals surface area contributed by atoms with Crippen molar-refractivity contribution in [1.82, 2.24) is 15.3 Å². The Hall–Kier alpha value is -1.34. The largest absolute Gasteiger partial charge is 0.353 e. The number of hydrogen-bond acceptors (Lipinski definition) is 5. The first-order valence-electron chi connectivity index (χ1n) is 11.7. The van der Waals surface area contributed by atoms with E-state index in [9.17, 15) is 9.59 Å². The van der Waals surface area contributed by atoms with Gasteiger partial charge in [0.2, 0.25) is 5.91 Å². The van der Waals surface area contributed by atoms with E-state index in [4.69, 9.17) is 4.98 Å². The third-order valence-electron chi connectivity index (χ3n) is 8.72. The van der Waals surface area contributed by atoms with E-state index in [2.05, 4.69) is 31.1 Å². The molecule has 0 aliphatic heterocycles. The second-order valence-electron chi connectivity index (χ2n) is 10.4. The van der Waals surface area contributed by atoms with Gasteiger partial charge in [0.05, 0.1) is 11.1 Å². The van der Waals surface area contributed by atoms with E-state index in [-0.39, 0.29) is 16.9 Å². The summed E-state index contributed by atoms with van der Waals surface area (Å²) in [4.78, 5) is 35.2. The minimum atomic E-state index is 0.00453. The molecule has 0 aromatic carbocycles. The summed E-state index contributed by atoms with van der Waals surface area (Å²) in [5.74, 6) is 2.99. The molecule has 168 valence electrons. The number of carbonyl (C=O) groups is 1. The average Bonchev–Trinajstić information content (AvgIpc) is 3.27. The van der Waals surface area contributed by atoms with E-state index in [0.29, 0.717) is 23.6 Å². The van der Waals surface area contributed by atoms with Gasteiger partial charge in [-0.1, -0.05) is 20.8 Å². The molecule has 2 fully saturated rings. The molecule has 31 heavy (non-hydrogen) atoms. The van der Waals surface area contributed by atoms with Gasteiger partial charge in [0, 0.05) is 23.1 Å². The second kappa shape index (κ2) is 7.91. The van der Waals surface area contributed by atoms with E-state index in [1.807, 2.05) is 0 Å². The smallest absolute Gasteiger partial charge is 0.259 e. The maximum absolute atomic E-state index is 12.6. The molecule has 0 radical (unpaired) electrons. The molecule has 3 atom stereocenters. The Bertz CT molecular complexity index is 1070. The number of fused-ring (bicyclic) bond motifs is 5. The van der Waals surface area contributed by atoms with Crippen LogP contribution in [0.2, 0.25) is 0 Å². The van der Waals surface area contributed by atoms with Crippen LogP contribution in [0, 0.1) is 16.7 Å². The van der Waals surface area contributed by atoms with Crippen LogP contribution in [0.4, 0.5) is 0 Å². The number of aromatic amines is 1. The number of hydrogen-bond donors (Lipinski definition) is 2. The summed E-state index contributed by atoms with van der Waals surface area (Å²) in [6.07, 6.45) is 8.61. The van der Waals surface area contributed by atoms with Crippen LogP contribution in [0.5, 0.6) is 0 Å². The van der Waals surface area contributed by atoms with Gasteiger partial charge in [-0.2, -0.15) is 11.8 Å². The molecule has 5 rings (SSSR count). The van der Waals surface area contributed by atoms with Gasteiger partial charge in [-0.25, -0.2) is 4.98 Å². The molecule has 2 aromatic heterocycles. The van der Waals surface area contributed by atoms with Gasteiger partial charge in [0.15, 0.2) is 0 Å². The Kier molecular flexibility index (Phi) is 5.48. The summed E-state index contributed by atoms with van der Waals surface area (Å²) in [5, 5.41) is 4.16. The maximum Gasteiger partial charge on any atom is 0.259 e. The van der Waals surface area contributed by atoms with Gasteiger partial charge >= 0.3 is 0 Å². The van der Waals surface area contributed by atoms with Gasteiger partial charge < -0.3 is 10.3 Å². The lowest BCUT2D eigenvalue weighted by molar-refractivity contribution is -0.122. The van der Waals surface area contributed by atoms with Crippen LogP contribution in [-0.4, -0.2) is 27.7 Å². The first-order chi connectivity index (χ1) is 14.8. The Labute approximate surface area is 192 Å². The van der Waals surface area contributed by atoms with Crippen molar-refractivity contribution < 1.29 is 4.79 Å². The van der Waals surface area contributed by atoms with E-state index in [1.165, 1.54) is 29.7 Å². The fraction of sp³-hybridized carbons (Fsp3) is 0.708. The van der Waals surface area contributed by atoms with Gasteiger partial charge in [-0.3, -0.25) is 9.59 Å². The molecule has 2 aromatic rings. The van der Waals surface area contributed by atoms with Crippen molar-refractivity contribution in [3.8, 4) is 0 Å². The second-order valence-corrected chi connectivity index (χ2v) is 12.6. The fourth-order valence-corrected chi connectivity index (χ4v) is 8.38. The highest BCUT2D eigenvalue weighted by Gasteiger charge is 2.61. The predicted molar refractivity (Wildman–Crippen MR) is 129 cm³/mol. The van der Waals surface area contributed by atoms with E-state index in [1.54, 1.807) is 23.1 Å². The van der Waals surface area contributed by atoms with Crippen LogP contribution in [0.15, 0.2) is 4.79 Å². The van der Waals surface area contributed by atoms with Gasteiger partial charge in [-0.05, 0) is 67.3 Å². The van der Waals surface area contributed by atoms with Crippen LogP contribution in [0.3, 0.4) is 0 Å². The summed E-state index contributed by atoms with van der Waals surface area (Å²) in [6.45, 7) is 7.11. The number of nitrogens with one attached hydrogen (secondary N) is 2. The zero-order chi connectivity index (χ0) is 21.8. The van der Waals surface area contributed by atoms with Crippen molar-refractivity contribution in [3.63, 3.8) is 0 Å². The number of thiophene rings is 1. The normalized spacial score (nSPS) is 28.7. The van der Waals surface area contributed by atoms with Crippen molar-refractivity contribution in [2.24, 2.45) is 16.7 Å². The standard InChI is InChI=1S/C24H33N3O2S2/c1-23(2)14-8-10-24(23,3)17(12-14)25-19(28)9-11-30-13-18-26-21(29)20-15-6-4-5-7-16(15)31-22(20)27-18/h14,17H,4-13H2,1-3H3,(H,25,28)(H,26,27,29). The molecule has 3 aliphatic carbocycles. The minimum Gasteiger partial charge on any atom is -0.353 e. The zero-order valence-corrected chi connectivity index (χ0v) is 20.4. The Morgan fingerprint density at radius 2 is 2.10 bits per heavy atom. The molecular formula is C24H33N3O2S2. The molecule has 7 heteroatoms. The maximum atomic E-state index is 12.6. The molecule has 0 spiro atoms. The monoisotopic (exact) mass is 459 g/mol. The van der Waals surface area contributed by atoms with Crippen molar-refractivity contribution >= 4 is 39.2 Å². The van der Waals surface area contributed by atoms with Gasteiger partial charge in [0.1, 0.15) is 10.7 Å². The molecule has 2 heterocycles. The lowest BCUT2D eigenvalue weighted by Gasteiger charge is -2.39. The van der Waals surface area contributed by atoms with Crippen LogP contribution in [0.1, 0.15) is 75.6 Å². The van der Waals surface area contributed by atoms with Crippen molar-refractivity contribution in [2.75, 3.05) is 5.75 Å². The summed E-state index contributed by atoms with van der Waals surface area (Å²) in [7, 11) is 0. The SMILES string of the molecule is CC1(C)C2CCC1(C)C(NC(=O)CCSCc1nc3sc4c(c3c(=O)[nH]1)CCCC4)C2. The van der Waals surface area contributed by atoms with E-state index in [0.717, 1.165) is 53.4 Å². The quantitative estimate of drug-likeness (QED) is 0.608. The summed E-state index contributed by atoms with van der Waals surface area (Å²) in [6, 6.07) is 0.309. The highest BCUT2D eigenvalue weighted by Crippen LogP contribution is 2.65. The predicted octanol–water partition coefficient (Wildman–Crippen LogP) is 4.82. The molecule has 3 unspecified atom stereocenters. The third-order valence-corrected chi connectivity index (χ3v) is 10.9. The number of rotatable bonds is 6. The van der Waals surface area contributed by atoms with Crippen molar-refractivity contribution in [1.29, 1.82) is 0 Å². The number of carbonyl (C=O) groups excluding carboxylic acids is 1. The molecule has 2 bridgehead atoms. The van der Waals surface area contributed by atoms with Crippen LogP contribution in [-0.2, 0) is 23.4 Å². The molecule has 1 amide bonds. The average molecular weight is 460 g/mol. The summed E-state index contributed by atoms with van der Waals surface area (Å²) >= 11 is 3.36. The highest BCUT2D eigenvalue weighted by atomic mass is 32.2. The summed E-state index contributed by atoms with van der Waals surface area (Å²) in [5.41, 5.74) is 1.77. The topological polar surface area (TPSA) is 74.8 Å². The third kappa shape index (κ3) is 3.56. The molecular weight excluding hydrogens is 426 g/mol. The Morgan fingerprint density at radius 3 is 2.84 bits per heavy atom. The van der Waals surface area contributed by atoms with Crippen molar-refractivity contribution in [2.45, 2.75) is 83.9 Å². The molecule has 0 saturated heterocycles. The number of thioether (sulfide) groups is 1. The lowest BCUT2D eigenvalue weighted by atomic mass is 9.69. The molecule has 3 aliphatic rings. The fourth-order valence-electron chi connectivity index (χ4n) is 6.30. The molecule has 2 saturated carbocycles. The number of aryl methyl sites for hydroxylation is 2. The Morgan fingerprint density at radius 1 is 1.29 bits per heavy atom. The van der Waals surface area contributed by atoms with Crippen LogP contribution < -0.4 is 10.9 Å². The number of amides is 1. The zero-order valence-electron chi connectivity index (χ0n) is 18.8. The van der Waals surface area contributed by atoms with Gasteiger partial charge in [0.25, 0.3) is 5.56 Å². The first-order valence-corrected chi connectivity index (χ1v) is 13.7. The summed E-state index contributed by atoms with van der Waals surface area (Å²) < 4.78 is 0. The number of H-pyrrole nitrogens is 1. The van der Waals surface area contributed by atoms with E-state index < -0.39 is 0 Å². The van der Waals surface area contributed by atoms with E-state index >= 15 is 0 Å². The lowest BCUT2D eigenvalue weighted by Crippen LogP contribution is -2.46.